The van der Waals surface area contributed by atoms with Gasteiger partial charge in [0.15, 0.2) is 0 Å². The lowest BCUT2D eigenvalue weighted by Crippen LogP contribution is -2.51. The molecule has 0 spiro atoms. The third-order valence-electron chi connectivity index (χ3n) is 5.91. The molecule has 0 aliphatic heterocycles. The second-order valence-electron chi connectivity index (χ2n) is 9.38. The number of hydrogen-bond acceptors (Lipinski definition) is 4. The van der Waals surface area contributed by atoms with Crippen LogP contribution in [0.3, 0.4) is 0 Å². The smallest absolute Gasteiger partial charge is 0.264 e. The van der Waals surface area contributed by atoms with Gasteiger partial charge in [0.05, 0.1) is 15.6 Å². The molecular formula is C28H30Cl3N3O4S. The fraction of sp³-hybridized carbons (Fsp3) is 0.286. The Kier molecular flexibility index (Phi) is 10.7. The Morgan fingerprint density at radius 1 is 0.872 bits per heavy atom. The molecule has 0 aromatic heterocycles. The van der Waals surface area contributed by atoms with E-state index in [-0.39, 0.29) is 34.0 Å². The fourth-order valence-electron chi connectivity index (χ4n) is 3.74. The molecule has 208 valence electrons. The van der Waals surface area contributed by atoms with Crippen molar-refractivity contribution < 1.29 is 18.0 Å². The minimum absolute atomic E-state index is 0.0178. The van der Waals surface area contributed by atoms with Crippen molar-refractivity contribution in [2.45, 2.75) is 38.3 Å². The van der Waals surface area contributed by atoms with Crippen LogP contribution in [0.5, 0.6) is 0 Å². The predicted octanol–water partition coefficient (Wildman–Crippen LogP) is 6.03. The van der Waals surface area contributed by atoms with Gasteiger partial charge in [-0.3, -0.25) is 13.9 Å². The molecule has 0 saturated carbocycles. The van der Waals surface area contributed by atoms with E-state index in [0.717, 1.165) is 9.87 Å². The molecule has 0 saturated heterocycles. The second-order valence-corrected chi connectivity index (χ2v) is 12.5. The van der Waals surface area contributed by atoms with E-state index in [9.17, 15) is 18.0 Å². The number of hydrogen-bond donors (Lipinski definition) is 1. The number of benzene rings is 3. The average molecular weight is 611 g/mol. The summed E-state index contributed by atoms with van der Waals surface area (Å²) in [7, 11) is -4.22. The highest BCUT2D eigenvalue weighted by atomic mass is 35.5. The van der Waals surface area contributed by atoms with Gasteiger partial charge in [0.2, 0.25) is 11.8 Å². The van der Waals surface area contributed by atoms with Crippen molar-refractivity contribution in [3.8, 4) is 0 Å². The van der Waals surface area contributed by atoms with Crippen LogP contribution in [0, 0.1) is 5.92 Å². The van der Waals surface area contributed by atoms with Crippen LogP contribution >= 0.6 is 34.8 Å². The zero-order chi connectivity index (χ0) is 28.7. The lowest BCUT2D eigenvalue weighted by Gasteiger charge is -2.32. The topological polar surface area (TPSA) is 86.8 Å². The van der Waals surface area contributed by atoms with Gasteiger partial charge in [-0.15, -0.1) is 0 Å². The Morgan fingerprint density at radius 2 is 1.49 bits per heavy atom. The molecule has 1 atom stereocenters. The van der Waals surface area contributed by atoms with E-state index in [1.54, 1.807) is 49.4 Å². The number of carbonyl (C=O) groups is 2. The van der Waals surface area contributed by atoms with E-state index in [2.05, 4.69) is 5.32 Å². The Bertz CT molecular complexity index is 1400. The van der Waals surface area contributed by atoms with Gasteiger partial charge >= 0.3 is 0 Å². The normalized spacial score (nSPS) is 12.2. The summed E-state index contributed by atoms with van der Waals surface area (Å²) in [5, 5.41) is 3.74. The van der Waals surface area contributed by atoms with Gasteiger partial charge in [-0.2, -0.15) is 0 Å². The fourth-order valence-corrected chi connectivity index (χ4v) is 5.88. The van der Waals surface area contributed by atoms with Crippen molar-refractivity contribution in [3.05, 3.63) is 93.4 Å². The maximum absolute atomic E-state index is 13.9. The van der Waals surface area contributed by atoms with Gasteiger partial charge < -0.3 is 10.2 Å². The number of nitrogens with one attached hydrogen (secondary N) is 1. The molecule has 0 unspecified atom stereocenters. The van der Waals surface area contributed by atoms with Gasteiger partial charge in [0.1, 0.15) is 12.6 Å². The molecular weight excluding hydrogens is 581 g/mol. The average Bonchev–Trinajstić information content (AvgIpc) is 2.90. The monoisotopic (exact) mass is 609 g/mol. The van der Waals surface area contributed by atoms with Crippen molar-refractivity contribution in [1.29, 1.82) is 0 Å². The highest BCUT2D eigenvalue weighted by molar-refractivity contribution is 7.92. The van der Waals surface area contributed by atoms with Gasteiger partial charge in [-0.1, -0.05) is 79.0 Å². The number of rotatable bonds is 11. The van der Waals surface area contributed by atoms with Crippen molar-refractivity contribution in [2.75, 3.05) is 17.4 Å². The molecule has 1 N–H and O–H groups in total. The first-order valence-electron chi connectivity index (χ1n) is 12.2. The number of nitrogens with zero attached hydrogens (tertiary/aromatic N) is 2. The van der Waals surface area contributed by atoms with E-state index in [0.29, 0.717) is 16.6 Å². The number of sulfonamides is 1. The van der Waals surface area contributed by atoms with Crippen molar-refractivity contribution in [1.82, 2.24) is 10.2 Å². The number of halogens is 3. The quantitative estimate of drug-likeness (QED) is 0.287. The molecule has 0 bridgehead atoms. The highest BCUT2D eigenvalue weighted by Crippen LogP contribution is 2.33. The summed E-state index contributed by atoms with van der Waals surface area (Å²) in [6.45, 7) is 5.41. The van der Waals surface area contributed by atoms with Gasteiger partial charge in [-0.05, 0) is 60.9 Å². The molecule has 7 nitrogen and oxygen atoms in total. The summed E-state index contributed by atoms with van der Waals surface area (Å²) in [5.41, 5.74) is 0.805. The van der Waals surface area contributed by atoms with E-state index in [1.165, 1.54) is 35.2 Å². The lowest BCUT2D eigenvalue weighted by molar-refractivity contribution is -0.139. The van der Waals surface area contributed by atoms with Crippen LogP contribution in [0.2, 0.25) is 15.1 Å². The summed E-state index contributed by atoms with van der Waals surface area (Å²) >= 11 is 18.5. The van der Waals surface area contributed by atoms with E-state index >= 15 is 0 Å². The number of anilines is 1. The van der Waals surface area contributed by atoms with Crippen LogP contribution in [0.1, 0.15) is 26.3 Å². The summed E-state index contributed by atoms with van der Waals surface area (Å²) in [4.78, 5) is 28.2. The second kappa shape index (κ2) is 13.5. The van der Waals surface area contributed by atoms with E-state index in [1.807, 2.05) is 13.8 Å². The van der Waals surface area contributed by atoms with Crippen LogP contribution < -0.4 is 9.62 Å². The van der Waals surface area contributed by atoms with Crippen molar-refractivity contribution in [3.63, 3.8) is 0 Å². The molecule has 39 heavy (non-hydrogen) atoms. The lowest BCUT2D eigenvalue weighted by atomic mass is 10.1. The van der Waals surface area contributed by atoms with Crippen LogP contribution in [0.15, 0.2) is 77.7 Å². The summed E-state index contributed by atoms with van der Waals surface area (Å²) in [6, 6.07) is 18.0. The van der Waals surface area contributed by atoms with Gasteiger partial charge in [0.25, 0.3) is 10.0 Å². The Balaban J connectivity index is 2.03. The molecule has 0 radical (unpaired) electrons. The first kappa shape index (κ1) is 30.8. The maximum atomic E-state index is 13.9. The van der Waals surface area contributed by atoms with Crippen LogP contribution in [-0.4, -0.2) is 44.3 Å². The van der Waals surface area contributed by atoms with Crippen LogP contribution in [0.4, 0.5) is 5.69 Å². The third kappa shape index (κ3) is 8.11. The zero-order valence-corrected chi connectivity index (χ0v) is 24.9. The van der Waals surface area contributed by atoms with Crippen molar-refractivity contribution in [2.24, 2.45) is 5.92 Å². The molecule has 3 aromatic carbocycles. The highest BCUT2D eigenvalue weighted by Gasteiger charge is 2.33. The molecule has 0 fully saturated rings. The Morgan fingerprint density at radius 3 is 2.08 bits per heavy atom. The zero-order valence-electron chi connectivity index (χ0n) is 21.8. The number of amides is 2. The first-order valence-corrected chi connectivity index (χ1v) is 14.8. The minimum Gasteiger partial charge on any atom is -0.354 e. The maximum Gasteiger partial charge on any atom is 0.264 e. The summed E-state index contributed by atoms with van der Waals surface area (Å²) < 4.78 is 28.5. The summed E-state index contributed by atoms with van der Waals surface area (Å²) in [6.07, 6.45) is 0. The first-order chi connectivity index (χ1) is 18.4. The molecule has 0 heterocycles. The largest absolute Gasteiger partial charge is 0.354 e. The molecule has 3 aromatic rings. The molecule has 11 heteroatoms. The van der Waals surface area contributed by atoms with Crippen LogP contribution in [0.25, 0.3) is 0 Å². The Hall–Kier alpha value is -2.78. The van der Waals surface area contributed by atoms with E-state index < -0.39 is 28.5 Å². The molecule has 3 rings (SSSR count). The SMILES string of the molecule is CC(C)CNC(=O)[C@H](C)N(Cc1ccc(Cl)cc1)C(=O)CN(c1ccc(Cl)cc1Cl)S(=O)(=O)c1ccccc1. The van der Waals surface area contributed by atoms with E-state index in [4.69, 9.17) is 34.8 Å². The minimum atomic E-state index is -4.22. The van der Waals surface area contributed by atoms with Crippen LogP contribution in [-0.2, 0) is 26.2 Å². The molecule has 2 amide bonds. The number of carbonyl (C=O) groups excluding carboxylic acids is 2. The third-order valence-corrected chi connectivity index (χ3v) is 8.47. The predicted molar refractivity (Wildman–Crippen MR) is 157 cm³/mol. The van der Waals surface area contributed by atoms with Crippen molar-refractivity contribution >= 4 is 62.3 Å². The van der Waals surface area contributed by atoms with Gasteiger partial charge in [0, 0.05) is 23.1 Å². The summed E-state index contributed by atoms with van der Waals surface area (Å²) in [5.74, 6) is -0.740. The standard InChI is InChI=1S/C28H30Cl3N3O4S/c1-19(2)16-32-28(36)20(3)33(17-21-9-11-22(29)12-10-21)27(35)18-34(26-14-13-23(30)15-25(26)31)39(37,38)24-7-5-4-6-8-24/h4-15,19-20H,16-18H2,1-3H3,(H,32,36)/t20-/m0/s1. The molecule has 0 aliphatic carbocycles. The Labute approximate surface area is 244 Å². The molecule has 0 aliphatic rings. The van der Waals surface area contributed by atoms with Gasteiger partial charge in [-0.25, -0.2) is 8.42 Å².